The Morgan fingerprint density at radius 1 is 1.26 bits per heavy atom. The molecule has 0 radical (unpaired) electrons. The Labute approximate surface area is 116 Å². The van der Waals surface area contributed by atoms with Crippen LogP contribution < -0.4 is 4.72 Å². The van der Waals surface area contributed by atoms with Gasteiger partial charge in [0.15, 0.2) is 0 Å². The fraction of sp³-hybridized carbons (Fsp3) is 0.231. The summed E-state index contributed by atoms with van der Waals surface area (Å²) < 4.78 is 27.1. The predicted molar refractivity (Wildman–Crippen MR) is 77.3 cm³/mol. The van der Waals surface area contributed by atoms with E-state index >= 15 is 0 Å². The number of phenols is 1. The van der Waals surface area contributed by atoms with Crippen molar-refractivity contribution in [1.29, 1.82) is 0 Å². The third-order valence-corrected chi connectivity index (χ3v) is 5.80. The van der Waals surface area contributed by atoms with Gasteiger partial charge in [0.25, 0.3) is 10.0 Å². The summed E-state index contributed by atoms with van der Waals surface area (Å²) in [5.41, 5.74) is 1.07. The van der Waals surface area contributed by atoms with Crippen LogP contribution in [0.2, 0.25) is 0 Å². The molecule has 0 saturated heterocycles. The van der Waals surface area contributed by atoms with E-state index in [1.165, 1.54) is 23.5 Å². The number of aromatic hydroxyl groups is 1. The lowest BCUT2D eigenvalue weighted by Gasteiger charge is -2.07. The first-order valence-electron chi connectivity index (χ1n) is 5.83. The standard InChI is InChI=1S/C13H15NO3S2/c1-3-11-5-7-13(18-11)19(16,17)14-10-4-6-12(15)9(2)8-10/h4-8,14-15H,3H2,1-2H3. The normalized spacial score (nSPS) is 11.5. The fourth-order valence-corrected chi connectivity index (χ4v) is 3.96. The molecule has 0 bridgehead atoms. The molecule has 2 N–H and O–H groups in total. The van der Waals surface area contributed by atoms with E-state index in [1.54, 1.807) is 19.1 Å². The molecule has 19 heavy (non-hydrogen) atoms. The van der Waals surface area contributed by atoms with Crippen molar-refractivity contribution < 1.29 is 13.5 Å². The number of rotatable bonds is 4. The van der Waals surface area contributed by atoms with Crippen LogP contribution in [0.3, 0.4) is 0 Å². The van der Waals surface area contributed by atoms with Crippen LogP contribution >= 0.6 is 11.3 Å². The van der Waals surface area contributed by atoms with E-state index in [-0.39, 0.29) is 5.75 Å². The molecule has 4 nitrogen and oxygen atoms in total. The van der Waals surface area contributed by atoms with Gasteiger partial charge in [-0.05, 0) is 49.2 Å². The van der Waals surface area contributed by atoms with Gasteiger partial charge in [0.2, 0.25) is 0 Å². The maximum absolute atomic E-state index is 12.2. The van der Waals surface area contributed by atoms with Crippen LogP contribution in [0.15, 0.2) is 34.5 Å². The Hall–Kier alpha value is -1.53. The van der Waals surface area contributed by atoms with Gasteiger partial charge in [0.1, 0.15) is 9.96 Å². The molecule has 102 valence electrons. The van der Waals surface area contributed by atoms with Crippen molar-refractivity contribution >= 4 is 27.0 Å². The Morgan fingerprint density at radius 2 is 2.00 bits per heavy atom. The Balaban J connectivity index is 2.28. The second-order valence-electron chi connectivity index (χ2n) is 4.18. The topological polar surface area (TPSA) is 66.4 Å². The van der Waals surface area contributed by atoms with Gasteiger partial charge >= 0.3 is 0 Å². The average Bonchev–Trinajstić information content (AvgIpc) is 2.83. The minimum Gasteiger partial charge on any atom is -0.508 e. The highest BCUT2D eigenvalue weighted by atomic mass is 32.2. The monoisotopic (exact) mass is 297 g/mol. The fourth-order valence-electron chi connectivity index (χ4n) is 1.62. The maximum Gasteiger partial charge on any atom is 0.271 e. The Morgan fingerprint density at radius 3 is 2.58 bits per heavy atom. The van der Waals surface area contributed by atoms with Crippen LogP contribution in [0.1, 0.15) is 17.4 Å². The summed E-state index contributed by atoms with van der Waals surface area (Å²) in [5, 5.41) is 9.42. The lowest BCUT2D eigenvalue weighted by atomic mass is 10.2. The van der Waals surface area contributed by atoms with Gasteiger partial charge < -0.3 is 5.11 Å². The summed E-state index contributed by atoms with van der Waals surface area (Å²) in [7, 11) is -3.55. The molecular weight excluding hydrogens is 282 g/mol. The number of aryl methyl sites for hydroxylation is 2. The van der Waals surface area contributed by atoms with E-state index < -0.39 is 10.0 Å². The lowest BCUT2D eigenvalue weighted by molar-refractivity contribution is 0.471. The second-order valence-corrected chi connectivity index (χ2v) is 7.26. The minimum absolute atomic E-state index is 0.146. The van der Waals surface area contributed by atoms with Crippen LogP contribution in [0.4, 0.5) is 5.69 Å². The molecule has 0 fully saturated rings. The van der Waals surface area contributed by atoms with E-state index in [2.05, 4.69) is 4.72 Å². The predicted octanol–water partition coefficient (Wildman–Crippen LogP) is 3.13. The Bertz CT molecular complexity index is 690. The number of phenolic OH excluding ortho intramolecular Hbond substituents is 1. The third kappa shape index (κ3) is 3.08. The molecule has 1 aromatic carbocycles. The number of thiophene rings is 1. The van der Waals surface area contributed by atoms with Crippen molar-refractivity contribution in [2.45, 2.75) is 24.5 Å². The highest BCUT2D eigenvalue weighted by Gasteiger charge is 2.16. The van der Waals surface area contributed by atoms with Crippen LogP contribution in [-0.2, 0) is 16.4 Å². The Kier molecular flexibility index (Phi) is 3.82. The van der Waals surface area contributed by atoms with Crippen molar-refractivity contribution in [1.82, 2.24) is 0 Å². The summed E-state index contributed by atoms with van der Waals surface area (Å²) >= 11 is 1.27. The molecule has 1 aromatic heterocycles. The highest BCUT2D eigenvalue weighted by molar-refractivity contribution is 7.94. The highest BCUT2D eigenvalue weighted by Crippen LogP contribution is 2.26. The second kappa shape index (κ2) is 5.22. The van der Waals surface area contributed by atoms with E-state index in [1.807, 2.05) is 13.0 Å². The third-order valence-electron chi connectivity index (χ3n) is 2.70. The maximum atomic E-state index is 12.2. The van der Waals surface area contributed by atoms with Crippen LogP contribution in [0.25, 0.3) is 0 Å². The summed E-state index contributed by atoms with van der Waals surface area (Å²) in [6.07, 6.45) is 0.818. The first kappa shape index (κ1) is 13.9. The number of nitrogens with one attached hydrogen (secondary N) is 1. The van der Waals surface area contributed by atoms with Gasteiger partial charge in [-0.25, -0.2) is 8.42 Å². The van der Waals surface area contributed by atoms with E-state index in [0.29, 0.717) is 15.5 Å². The zero-order chi connectivity index (χ0) is 14.0. The first-order valence-corrected chi connectivity index (χ1v) is 8.13. The molecule has 1 heterocycles. The smallest absolute Gasteiger partial charge is 0.271 e. The quantitative estimate of drug-likeness (QED) is 0.852. The summed E-state index contributed by atoms with van der Waals surface area (Å²) in [4.78, 5) is 1.03. The van der Waals surface area contributed by atoms with Crippen LogP contribution in [0, 0.1) is 6.92 Å². The SMILES string of the molecule is CCc1ccc(S(=O)(=O)Nc2ccc(O)c(C)c2)s1. The summed E-state index contributed by atoms with van der Waals surface area (Å²) in [6, 6.07) is 8.04. The van der Waals surface area contributed by atoms with E-state index in [4.69, 9.17) is 0 Å². The molecule has 2 aromatic rings. The number of hydrogen-bond donors (Lipinski definition) is 2. The van der Waals surface area contributed by atoms with E-state index in [9.17, 15) is 13.5 Å². The molecule has 0 spiro atoms. The minimum atomic E-state index is -3.55. The average molecular weight is 297 g/mol. The number of hydrogen-bond acceptors (Lipinski definition) is 4. The summed E-state index contributed by atoms with van der Waals surface area (Å²) in [5.74, 6) is 0.146. The number of sulfonamides is 1. The summed E-state index contributed by atoms with van der Waals surface area (Å²) in [6.45, 7) is 3.70. The molecule has 0 amide bonds. The van der Waals surface area contributed by atoms with Gasteiger partial charge in [0.05, 0.1) is 0 Å². The van der Waals surface area contributed by atoms with Crippen LogP contribution in [0.5, 0.6) is 5.75 Å². The number of anilines is 1. The van der Waals surface area contributed by atoms with Gasteiger partial charge in [-0.3, -0.25) is 4.72 Å². The zero-order valence-corrected chi connectivity index (χ0v) is 12.3. The van der Waals surface area contributed by atoms with Crippen LogP contribution in [-0.4, -0.2) is 13.5 Å². The molecule has 6 heteroatoms. The van der Waals surface area contributed by atoms with E-state index in [0.717, 1.165) is 11.3 Å². The molecule has 2 rings (SSSR count). The van der Waals surface area contributed by atoms with Crippen molar-refractivity contribution in [2.24, 2.45) is 0 Å². The van der Waals surface area contributed by atoms with Crippen molar-refractivity contribution in [3.8, 4) is 5.75 Å². The van der Waals surface area contributed by atoms with Gasteiger partial charge in [-0.15, -0.1) is 11.3 Å². The van der Waals surface area contributed by atoms with Gasteiger partial charge in [-0.2, -0.15) is 0 Å². The molecule has 0 saturated carbocycles. The molecule has 0 atom stereocenters. The van der Waals surface area contributed by atoms with Gasteiger partial charge in [-0.1, -0.05) is 6.92 Å². The lowest BCUT2D eigenvalue weighted by Crippen LogP contribution is -2.11. The molecule has 0 unspecified atom stereocenters. The molecule has 0 aliphatic carbocycles. The zero-order valence-electron chi connectivity index (χ0n) is 10.7. The first-order chi connectivity index (χ1) is 8.92. The van der Waals surface area contributed by atoms with Crippen molar-refractivity contribution in [3.05, 3.63) is 40.8 Å². The molecule has 0 aliphatic rings. The molecular formula is C13H15NO3S2. The molecule has 0 aliphatic heterocycles. The van der Waals surface area contributed by atoms with Gasteiger partial charge in [0, 0.05) is 10.6 Å². The van der Waals surface area contributed by atoms with Crippen molar-refractivity contribution in [2.75, 3.05) is 4.72 Å². The van der Waals surface area contributed by atoms with Crippen molar-refractivity contribution in [3.63, 3.8) is 0 Å². The number of benzene rings is 1. The largest absolute Gasteiger partial charge is 0.508 e.